The summed E-state index contributed by atoms with van der Waals surface area (Å²) in [5.74, 6) is 2.03. The predicted molar refractivity (Wildman–Crippen MR) is 74.8 cm³/mol. The van der Waals surface area contributed by atoms with Crippen LogP contribution >= 0.6 is 0 Å². The maximum Gasteiger partial charge on any atom is 0.249 e. The number of rotatable bonds is 5. The molecular weight excluding hydrogens is 272 g/mol. The molecule has 3 aromatic heterocycles. The number of nitrogens with one attached hydrogen (secondary N) is 1. The number of nitrogens with zero attached hydrogens (tertiary/aromatic N) is 3. The molecule has 7 nitrogen and oxygen atoms in total. The summed E-state index contributed by atoms with van der Waals surface area (Å²) in [7, 11) is 1.58. The lowest BCUT2D eigenvalue weighted by molar-refractivity contribution is 0.367. The second-order valence-corrected chi connectivity index (χ2v) is 4.39. The van der Waals surface area contributed by atoms with Gasteiger partial charge in [0.1, 0.15) is 6.04 Å². The smallest absolute Gasteiger partial charge is 0.249 e. The highest BCUT2D eigenvalue weighted by Gasteiger charge is 2.16. The minimum Gasteiger partial charge on any atom is -0.481 e. The van der Waals surface area contributed by atoms with Gasteiger partial charge < -0.3 is 19.0 Å². The summed E-state index contributed by atoms with van der Waals surface area (Å²) >= 11 is 0. The maximum atomic E-state index is 5.24. The van der Waals surface area contributed by atoms with E-state index in [9.17, 15) is 0 Å². The van der Waals surface area contributed by atoms with Gasteiger partial charge in [0.15, 0.2) is 5.76 Å². The fourth-order valence-electron chi connectivity index (χ4n) is 1.82. The number of pyridine rings is 1. The molecule has 3 aromatic rings. The van der Waals surface area contributed by atoms with E-state index in [2.05, 4.69) is 20.4 Å². The van der Waals surface area contributed by atoms with Crippen molar-refractivity contribution in [1.29, 1.82) is 0 Å². The third kappa shape index (κ3) is 2.86. The van der Waals surface area contributed by atoms with Crippen LogP contribution in [0.1, 0.15) is 18.9 Å². The van der Waals surface area contributed by atoms with Gasteiger partial charge in [0, 0.05) is 6.07 Å². The summed E-state index contributed by atoms with van der Waals surface area (Å²) in [6.07, 6.45) is 3.25. The first-order chi connectivity index (χ1) is 10.3. The molecule has 0 unspecified atom stereocenters. The lowest BCUT2D eigenvalue weighted by Gasteiger charge is -2.10. The van der Waals surface area contributed by atoms with E-state index < -0.39 is 0 Å². The van der Waals surface area contributed by atoms with E-state index in [-0.39, 0.29) is 6.04 Å². The van der Waals surface area contributed by atoms with Gasteiger partial charge in [-0.05, 0) is 25.1 Å². The lowest BCUT2D eigenvalue weighted by Crippen LogP contribution is -2.07. The Hall–Kier alpha value is -2.83. The van der Waals surface area contributed by atoms with Gasteiger partial charge >= 0.3 is 0 Å². The molecule has 0 saturated carbocycles. The lowest BCUT2D eigenvalue weighted by atomic mass is 10.3. The second kappa shape index (κ2) is 5.66. The molecule has 0 aliphatic rings. The number of methoxy groups -OCH3 is 1. The van der Waals surface area contributed by atoms with Gasteiger partial charge in [-0.25, -0.2) is 4.98 Å². The SMILES string of the molecule is COc1ccc(N[C@@H](C)c2nc(-c3ccco3)no2)cn1. The number of furan rings is 1. The Morgan fingerprint density at radius 2 is 2.19 bits per heavy atom. The van der Waals surface area contributed by atoms with E-state index in [1.165, 1.54) is 0 Å². The van der Waals surface area contributed by atoms with Gasteiger partial charge in [-0.3, -0.25) is 0 Å². The van der Waals surface area contributed by atoms with E-state index >= 15 is 0 Å². The second-order valence-electron chi connectivity index (χ2n) is 4.39. The average Bonchev–Trinajstić information content (AvgIpc) is 3.19. The molecule has 3 heterocycles. The molecule has 0 radical (unpaired) electrons. The monoisotopic (exact) mass is 286 g/mol. The summed E-state index contributed by atoms with van der Waals surface area (Å²) in [6, 6.07) is 7.04. The standard InChI is InChI=1S/C14H14N4O3/c1-9(16-10-5-6-12(19-2)15-8-10)14-17-13(18-21-14)11-4-3-7-20-11/h3-9,16H,1-2H3/t9-/m0/s1. The first-order valence-electron chi connectivity index (χ1n) is 6.40. The number of aromatic nitrogens is 3. The van der Waals surface area contributed by atoms with Crippen LogP contribution in [0.3, 0.4) is 0 Å². The van der Waals surface area contributed by atoms with Crippen molar-refractivity contribution in [2.75, 3.05) is 12.4 Å². The van der Waals surface area contributed by atoms with Crippen molar-refractivity contribution in [2.24, 2.45) is 0 Å². The van der Waals surface area contributed by atoms with Crippen LogP contribution in [0.2, 0.25) is 0 Å². The highest BCUT2D eigenvalue weighted by atomic mass is 16.5. The summed E-state index contributed by atoms with van der Waals surface area (Å²) in [4.78, 5) is 8.43. The molecule has 0 aliphatic heterocycles. The molecule has 0 spiro atoms. The van der Waals surface area contributed by atoms with Gasteiger partial charge in [0.2, 0.25) is 17.6 Å². The molecule has 0 bridgehead atoms. The van der Waals surface area contributed by atoms with Crippen LogP contribution in [-0.4, -0.2) is 22.2 Å². The quantitative estimate of drug-likeness (QED) is 0.771. The van der Waals surface area contributed by atoms with E-state index in [1.54, 1.807) is 37.8 Å². The highest BCUT2D eigenvalue weighted by molar-refractivity contribution is 5.46. The Balaban J connectivity index is 1.71. The van der Waals surface area contributed by atoms with E-state index in [0.717, 1.165) is 5.69 Å². The summed E-state index contributed by atoms with van der Waals surface area (Å²) in [6.45, 7) is 1.92. The minimum absolute atomic E-state index is 0.156. The van der Waals surface area contributed by atoms with Crippen molar-refractivity contribution in [3.05, 3.63) is 42.6 Å². The van der Waals surface area contributed by atoms with Crippen molar-refractivity contribution in [3.8, 4) is 17.5 Å². The van der Waals surface area contributed by atoms with E-state index in [4.69, 9.17) is 13.7 Å². The first-order valence-corrected chi connectivity index (χ1v) is 6.40. The Bertz CT molecular complexity index is 691. The number of anilines is 1. The fraction of sp³-hybridized carbons (Fsp3) is 0.214. The van der Waals surface area contributed by atoms with Gasteiger partial charge in [-0.15, -0.1) is 0 Å². The van der Waals surface area contributed by atoms with Gasteiger partial charge in [-0.2, -0.15) is 4.98 Å². The molecule has 0 fully saturated rings. The number of ether oxygens (including phenoxy) is 1. The zero-order valence-electron chi connectivity index (χ0n) is 11.6. The fourth-order valence-corrected chi connectivity index (χ4v) is 1.82. The molecule has 3 rings (SSSR count). The zero-order valence-corrected chi connectivity index (χ0v) is 11.6. The molecule has 0 saturated heterocycles. The number of hydrogen-bond acceptors (Lipinski definition) is 7. The highest BCUT2D eigenvalue weighted by Crippen LogP contribution is 2.22. The van der Waals surface area contributed by atoms with Crippen molar-refractivity contribution in [2.45, 2.75) is 13.0 Å². The third-order valence-corrected chi connectivity index (χ3v) is 2.88. The molecule has 7 heteroatoms. The normalized spacial score (nSPS) is 12.1. The van der Waals surface area contributed by atoms with Crippen LogP contribution < -0.4 is 10.1 Å². The Labute approximate surface area is 121 Å². The van der Waals surface area contributed by atoms with Crippen molar-refractivity contribution < 1.29 is 13.7 Å². The minimum atomic E-state index is -0.156. The Morgan fingerprint density at radius 3 is 2.86 bits per heavy atom. The first kappa shape index (κ1) is 13.2. The zero-order chi connectivity index (χ0) is 14.7. The summed E-state index contributed by atoms with van der Waals surface area (Å²) < 4.78 is 15.5. The van der Waals surface area contributed by atoms with Crippen LogP contribution in [-0.2, 0) is 0 Å². The molecule has 1 atom stereocenters. The maximum absolute atomic E-state index is 5.24. The van der Waals surface area contributed by atoms with Gasteiger partial charge in [0.25, 0.3) is 0 Å². The van der Waals surface area contributed by atoms with Crippen molar-refractivity contribution in [1.82, 2.24) is 15.1 Å². The van der Waals surface area contributed by atoms with Gasteiger partial charge in [-0.1, -0.05) is 5.16 Å². The average molecular weight is 286 g/mol. The van der Waals surface area contributed by atoms with E-state index in [1.807, 2.05) is 13.0 Å². The summed E-state index contributed by atoms with van der Waals surface area (Å²) in [5.41, 5.74) is 0.834. The molecule has 1 N–H and O–H groups in total. The third-order valence-electron chi connectivity index (χ3n) is 2.88. The van der Waals surface area contributed by atoms with Crippen molar-refractivity contribution in [3.63, 3.8) is 0 Å². The molecule has 0 aromatic carbocycles. The van der Waals surface area contributed by atoms with Crippen LogP contribution in [0.15, 0.2) is 45.7 Å². The molecule has 0 amide bonds. The van der Waals surface area contributed by atoms with E-state index in [0.29, 0.717) is 23.4 Å². The number of hydrogen-bond donors (Lipinski definition) is 1. The molecular formula is C14H14N4O3. The van der Waals surface area contributed by atoms with Crippen LogP contribution in [0, 0.1) is 0 Å². The van der Waals surface area contributed by atoms with Crippen LogP contribution in [0.25, 0.3) is 11.6 Å². The Kier molecular flexibility index (Phi) is 3.55. The van der Waals surface area contributed by atoms with Crippen LogP contribution in [0.4, 0.5) is 5.69 Å². The predicted octanol–water partition coefficient (Wildman–Crippen LogP) is 2.91. The van der Waals surface area contributed by atoms with Gasteiger partial charge in [0.05, 0.1) is 25.3 Å². The van der Waals surface area contributed by atoms with Crippen LogP contribution in [0.5, 0.6) is 5.88 Å². The largest absolute Gasteiger partial charge is 0.481 e. The topological polar surface area (TPSA) is 86.2 Å². The summed E-state index contributed by atoms with van der Waals surface area (Å²) in [5, 5.41) is 7.12. The van der Waals surface area contributed by atoms with Crippen molar-refractivity contribution >= 4 is 5.69 Å². The Morgan fingerprint density at radius 1 is 1.29 bits per heavy atom. The molecule has 108 valence electrons. The molecule has 21 heavy (non-hydrogen) atoms. The molecule has 0 aliphatic carbocycles.